The number of benzene rings is 3. The number of amides is 1. The average molecular weight is 469 g/mol. The highest BCUT2D eigenvalue weighted by molar-refractivity contribution is 6.05. The molecule has 0 atom stereocenters. The minimum atomic E-state index is -0.522. The molecule has 0 fully saturated rings. The van der Waals surface area contributed by atoms with Gasteiger partial charge >= 0.3 is 0 Å². The van der Waals surface area contributed by atoms with Gasteiger partial charge < -0.3 is 10.4 Å². The van der Waals surface area contributed by atoms with Crippen molar-refractivity contribution in [1.29, 1.82) is 0 Å². The van der Waals surface area contributed by atoms with Crippen molar-refractivity contribution >= 4 is 23.6 Å². The second-order valence-electron chi connectivity index (χ2n) is 8.32. The molecule has 0 spiro atoms. The molecular formula is C28H25FN4O2. The Labute approximate surface area is 203 Å². The van der Waals surface area contributed by atoms with Gasteiger partial charge in [0.15, 0.2) is 0 Å². The first-order valence-electron chi connectivity index (χ1n) is 11.1. The first-order valence-corrected chi connectivity index (χ1v) is 11.1. The number of nitrogens with zero attached hydrogens (tertiary/aromatic N) is 2. The zero-order valence-electron chi connectivity index (χ0n) is 19.4. The minimum absolute atomic E-state index is 0.112. The van der Waals surface area contributed by atoms with E-state index in [2.05, 4.69) is 34.7 Å². The van der Waals surface area contributed by atoms with Crippen molar-refractivity contribution in [3.05, 3.63) is 108 Å². The summed E-state index contributed by atoms with van der Waals surface area (Å²) >= 11 is 0. The molecule has 0 aliphatic heterocycles. The Morgan fingerprint density at radius 1 is 1.00 bits per heavy atom. The van der Waals surface area contributed by atoms with Gasteiger partial charge in [0.05, 0.1) is 6.21 Å². The number of rotatable bonds is 7. The van der Waals surface area contributed by atoms with Gasteiger partial charge in [-0.3, -0.25) is 10.2 Å². The summed E-state index contributed by atoms with van der Waals surface area (Å²) in [6.07, 6.45) is 3.04. The summed E-state index contributed by atoms with van der Waals surface area (Å²) in [7, 11) is 0. The number of nitrogens with one attached hydrogen (secondary N) is 2. The van der Waals surface area contributed by atoms with Crippen LogP contribution in [-0.2, 0) is 0 Å². The van der Waals surface area contributed by atoms with Crippen molar-refractivity contribution in [2.75, 3.05) is 10.7 Å². The number of aromatic nitrogens is 1. The van der Waals surface area contributed by atoms with Gasteiger partial charge in [0.1, 0.15) is 17.4 Å². The first kappa shape index (κ1) is 23.6. The second kappa shape index (κ2) is 10.6. The van der Waals surface area contributed by atoms with Crippen LogP contribution in [0.3, 0.4) is 0 Å². The van der Waals surface area contributed by atoms with E-state index in [1.807, 2.05) is 24.3 Å². The van der Waals surface area contributed by atoms with Gasteiger partial charge in [-0.1, -0.05) is 38.1 Å². The number of phenols is 1. The van der Waals surface area contributed by atoms with Gasteiger partial charge in [-0.25, -0.2) is 9.37 Å². The van der Waals surface area contributed by atoms with Crippen LogP contribution < -0.4 is 10.7 Å². The van der Waals surface area contributed by atoms with Crippen molar-refractivity contribution in [3.8, 4) is 16.9 Å². The Balaban J connectivity index is 1.51. The van der Waals surface area contributed by atoms with Crippen molar-refractivity contribution in [2.24, 2.45) is 5.10 Å². The number of halogens is 1. The number of hydrogen-bond donors (Lipinski definition) is 3. The van der Waals surface area contributed by atoms with E-state index in [1.165, 1.54) is 23.9 Å². The third-order valence-corrected chi connectivity index (χ3v) is 5.41. The van der Waals surface area contributed by atoms with Gasteiger partial charge in [-0.05, 0) is 77.2 Å². The summed E-state index contributed by atoms with van der Waals surface area (Å²) in [5.74, 6) is 0.00624. The SMILES string of the molecule is CC(C)c1ccc(NC(=O)c2cc(F)cc(-c3ccnc(N/N=C\c4ccccc4O)c3)c2)cc1. The van der Waals surface area contributed by atoms with Crippen molar-refractivity contribution in [1.82, 2.24) is 4.98 Å². The van der Waals surface area contributed by atoms with E-state index >= 15 is 0 Å². The van der Waals surface area contributed by atoms with E-state index in [1.54, 1.807) is 48.7 Å². The van der Waals surface area contributed by atoms with Gasteiger partial charge in [0.25, 0.3) is 5.91 Å². The lowest BCUT2D eigenvalue weighted by Crippen LogP contribution is -2.12. The normalized spacial score (nSPS) is 11.1. The fraction of sp³-hybridized carbons (Fsp3) is 0.107. The van der Waals surface area contributed by atoms with Crippen LogP contribution in [0.1, 0.15) is 41.3 Å². The number of hydrogen-bond acceptors (Lipinski definition) is 5. The van der Waals surface area contributed by atoms with Crippen LogP contribution in [0.2, 0.25) is 0 Å². The maximum Gasteiger partial charge on any atom is 0.255 e. The van der Waals surface area contributed by atoms with E-state index in [-0.39, 0.29) is 11.3 Å². The minimum Gasteiger partial charge on any atom is -0.507 e. The topological polar surface area (TPSA) is 86.6 Å². The maximum atomic E-state index is 14.4. The molecular weight excluding hydrogens is 443 g/mol. The Morgan fingerprint density at radius 3 is 2.51 bits per heavy atom. The monoisotopic (exact) mass is 468 g/mol. The van der Waals surface area contributed by atoms with Gasteiger partial charge in [0.2, 0.25) is 0 Å². The third kappa shape index (κ3) is 6.09. The lowest BCUT2D eigenvalue weighted by molar-refractivity contribution is 0.102. The number of phenolic OH excluding ortho intramolecular Hbond substituents is 1. The molecule has 3 aromatic carbocycles. The quantitative estimate of drug-likeness (QED) is 0.216. The first-order chi connectivity index (χ1) is 16.9. The molecule has 1 amide bonds. The number of anilines is 2. The predicted octanol–water partition coefficient (Wildman–Crippen LogP) is 6.42. The van der Waals surface area contributed by atoms with Crippen LogP contribution >= 0.6 is 0 Å². The van der Waals surface area contributed by atoms with Crippen LogP contribution in [0.5, 0.6) is 5.75 Å². The van der Waals surface area contributed by atoms with Crippen LogP contribution in [-0.4, -0.2) is 22.2 Å². The molecule has 0 aliphatic rings. The molecule has 0 saturated carbocycles. The number of hydrazone groups is 1. The van der Waals surface area contributed by atoms with Gasteiger partial charge in [-0.15, -0.1) is 0 Å². The predicted molar refractivity (Wildman–Crippen MR) is 137 cm³/mol. The molecule has 1 aromatic heterocycles. The molecule has 3 N–H and O–H groups in total. The molecule has 176 valence electrons. The Hall–Kier alpha value is -4.52. The summed E-state index contributed by atoms with van der Waals surface area (Å²) in [4.78, 5) is 17.0. The van der Waals surface area contributed by atoms with E-state index in [9.17, 15) is 14.3 Å². The fourth-order valence-corrected chi connectivity index (χ4v) is 3.48. The molecule has 0 bridgehead atoms. The fourth-order valence-electron chi connectivity index (χ4n) is 3.48. The largest absolute Gasteiger partial charge is 0.507 e. The molecule has 1 heterocycles. The highest BCUT2D eigenvalue weighted by Crippen LogP contribution is 2.25. The van der Waals surface area contributed by atoms with Crippen molar-refractivity contribution < 1.29 is 14.3 Å². The molecule has 6 nitrogen and oxygen atoms in total. The molecule has 4 rings (SSSR count). The Kier molecular flexibility index (Phi) is 7.16. The van der Waals surface area contributed by atoms with Crippen LogP contribution in [0, 0.1) is 5.82 Å². The number of para-hydroxylation sites is 1. The molecule has 4 aromatic rings. The highest BCUT2D eigenvalue weighted by atomic mass is 19.1. The van der Waals surface area contributed by atoms with Gasteiger partial charge in [-0.2, -0.15) is 5.10 Å². The van der Waals surface area contributed by atoms with E-state index in [0.717, 1.165) is 0 Å². The molecule has 0 radical (unpaired) electrons. The van der Waals surface area contributed by atoms with E-state index in [4.69, 9.17) is 0 Å². The number of aromatic hydroxyl groups is 1. The number of carbonyl (C=O) groups excluding carboxylic acids is 1. The van der Waals surface area contributed by atoms with Gasteiger partial charge in [0, 0.05) is 23.0 Å². The summed E-state index contributed by atoms with van der Waals surface area (Å²) in [6, 6.07) is 22.0. The van der Waals surface area contributed by atoms with Crippen molar-refractivity contribution in [2.45, 2.75) is 19.8 Å². The number of carbonyl (C=O) groups is 1. The van der Waals surface area contributed by atoms with Crippen LogP contribution in [0.15, 0.2) is 90.2 Å². The zero-order valence-corrected chi connectivity index (χ0v) is 19.4. The average Bonchev–Trinajstić information content (AvgIpc) is 2.85. The Bertz CT molecular complexity index is 1370. The van der Waals surface area contributed by atoms with Crippen molar-refractivity contribution in [3.63, 3.8) is 0 Å². The summed E-state index contributed by atoms with van der Waals surface area (Å²) in [6.45, 7) is 4.20. The zero-order chi connectivity index (χ0) is 24.8. The molecule has 0 aliphatic carbocycles. The molecule has 0 unspecified atom stereocenters. The summed E-state index contributed by atoms with van der Waals surface area (Å²) in [5.41, 5.74) is 6.56. The lowest BCUT2D eigenvalue weighted by Gasteiger charge is -2.10. The molecule has 0 saturated heterocycles. The summed E-state index contributed by atoms with van der Waals surface area (Å²) in [5, 5.41) is 16.7. The third-order valence-electron chi connectivity index (χ3n) is 5.41. The molecule has 35 heavy (non-hydrogen) atoms. The lowest BCUT2D eigenvalue weighted by atomic mass is 10.0. The van der Waals surface area contributed by atoms with E-state index in [0.29, 0.717) is 34.1 Å². The summed E-state index contributed by atoms with van der Waals surface area (Å²) < 4.78 is 14.4. The molecule has 7 heteroatoms. The second-order valence-corrected chi connectivity index (χ2v) is 8.32. The Morgan fingerprint density at radius 2 is 1.77 bits per heavy atom. The maximum absolute atomic E-state index is 14.4. The van der Waals surface area contributed by atoms with Crippen LogP contribution in [0.25, 0.3) is 11.1 Å². The highest BCUT2D eigenvalue weighted by Gasteiger charge is 2.12. The standard InChI is InChI=1S/C28H25FN4O2/c1-18(2)19-7-9-25(10-8-19)32-28(35)23-13-22(14-24(29)15-23)20-11-12-30-27(16-20)33-31-17-21-5-3-4-6-26(21)34/h3-18,34H,1-2H3,(H,30,33)(H,32,35)/b31-17-. The van der Waals surface area contributed by atoms with Crippen LogP contribution in [0.4, 0.5) is 15.9 Å². The number of pyridine rings is 1. The van der Waals surface area contributed by atoms with E-state index < -0.39 is 11.7 Å². The smallest absolute Gasteiger partial charge is 0.255 e.